The van der Waals surface area contributed by atoms with E-state index in [0.29, 0.717) is 0 Å². The summed E-state index contributed by atoms with van der Waals surface area (Å²) in [4.78, 5) is 0. The summed E-state index contributed by atoms with van der Waals surface area (Å²) in [6.45, 7) is 0. The minimum atomic E-state index is -0.701. The first-order valence-electron chi connectivity index (χ1n) is 3.69. The van der Waals surface area contributed by atoms with Crippen LogP contribution in [-0.2, 0) is 15.0 Å². The predicted octanol–water partition coefficient (Wildman–Crippen LogP) is 7.69. The molecule has 1 rings (SSSR count). The van der Waals surface area contributed by atoms with Crippen molar-refractivity contribution in [3.8, 4) is 0 Å². The first-order chi connectivity index (χ1) is 7.88. The molecule has 0 heterocycles. The summed E-state index contributed by atoms with van der Waals surface area (Å²) in [5.74, 6) is 0. The number of rotatable bonds is 0. The Hall–Kier alpha value is 4.84. The Bertz CT molecular complexity index is 164. The maximum Gasteiger partial charge on any atom is -0.0623 e. The van der Waals surface area contributed by atoms with Crippen molar-refractivity contribution >= 4 is 128 Å². The van der Waals surface area contributed by atoms with E-state index in [9.17, 15) is 0 Å². The summed E-state index contributed by atoms with van der Waals surface area (Å²) in [6.07, 6.45) is 0. The van der Waals surface area contributed by atoms with Gasteiger partial charge in [0.25, 0.3) is 0 Å². The van der Waals surface area contributed by atoms with E-state index in [-0.39, 0.29) is 15.0 Å². The number of hydrogen-bond donors (Lipinski definition) is 0. The molecule has 0 N–H and O–H groups in total. The molecule has 0 atom stereocenters. The van der Waals surface area contributed by atoms with Gasteiger partial charge in [0, 0.05) is 0 Å². The van der Waals surface area contributed by atoms with Crippen LogP contribution in [0.4, 0.5) is 0 Å². The predicted molar refractivity (Wildman–Crippen MR) is 109 cm³/mol. The second-order valence-corrected chi connectivity index (χ2v) is 49.2. The number of hydrogen-bond acceptors (Lipinski definition) is 0. The van der Waals surface area contributed by atoms with Crippen LogP contribution in [0, 0.1) is 0 Å². The van der Waals surface area contributed by atoms with Gasteiger partial charge in [0.2, 0.25) is 0 Å². The topological polar surface area (TPSA) is 0 Å². The van der Waals surface area contributed by atoms with E-state index in [4.69, 9.17) is 0 Å². The van der Waals surface area contributed by atoms with Gasteiger partial charge in [-0.25, -0.2) is 0 Å². The Morgan fingerprint density at radius 3 is 0.647 bits per heavy atom. The molecular weight excluding hydrogens is 813 g/mol. The smallest absolute Gasteiger partial charge is 0.0623 e. The molecule has 1 aromatic rings. The van der Waals surface area contributed by atoms with Gasteiger partial charge in [-0.2, -0.15) is 84.3 Å². The Morgan fingerprint density at radius 2 is 0.588 bits per heavy atom. The fourth-order valence-electron chi connectivity index (χ4n) is 0.385. The minimum absolute atomic E-state index is 0.125. The molecule has 17 heavy (non-hydrogen) atoms. The monoisotopic (exact) mass is 811 g/mol. The first kappa shape index (κ1) is 26.7. The summed E-state index contributed by atoms with van der Waals surface area (Å²) in [6, 6.07) is 12.0. The summed E-state index contributed by atoms with van der Waals surface area (Å²) in [5, 5.41) is 0. The molecule has 0 saturated heterocycles. The second kappa shape index (κ2) is 25.8. The minimum Gasteiger partial charge on any atom is -0.0623 e. The van der Waals surface area contributed by atoms with Gasteiger partial charge in [0.15, 0.2) is 0 Å². The van der Waals surface area contributed by atoms with Crippen molar-refractivity contribution in [2.45, 2.75) is 0 Å². The quantitative estimate of drug-likeness (QED) is 0.236. The summed E-state index contributed by atoms with van der Waals surface area (Å²) in [7, 11) is -1.40. The van der Waals surface area contributed by atoms with Crippen LogP contribution in [0.25, 0.3) is 0 Å². The molecule has 0 nitrogen and oxygen atoms in total. The third-order valence-corrected chi connectivity index (χ3v) is 0.667. The van der Waals surface area contributed by atoms with Crippen LogP contribution in [0.15, 0.2) is 36.4 Å². The first-order valence-corrected chi connectivity index (χ1v) is 30.5. The Kier molecular flexibility index (Phi) is 40.5. The molecule has 11 heteroatoms. The fourth-order valence-corrected chi connectivity index (χ4v) is 0.385. The van der Waals surface area contributed by atoms with E-state index in [1.54, 1.807) is 0 Å². The van der Waals surface area contributed by atoms with Crippen LogP contribution in [0.2, 0.25) is 0 Å². The van der Waals surface area contributed by atoms with Crippen molar-refractivity contribution in [2.75, 3.05) is 0 Å². The van der Waals surface area contributed by atoms with Gasteiger partial charge in [-0.15, -0.1) is 0 Å². The summed E-state index contributed by atoms with van der Waals surface area (Å²) in [5.41, 5.74) is 0. The van der Waals surface area contributed by atoms with Crippen LogP contribution >= 0.6 is 111 Å². The number of halogens is 8. The van der Waals surface area contributed by atoms with Crippen molar-refractivity contribution in [1.82, 2.24) is 0 Å². The van der Waals surface area contributed by atoms with Crippen molar-refractivity contribution < 1.29 is 15.0 Å². The van der Waals surface area contributed by atoms with Gasteiger partial charge in [0.05, 0.1) is 0 Å². The van der Waals surface area contributed by atoms with Crippen LogP contribution in [-0.4, -0.2) is 17.3 Å². The molecule has 96 valence electrons. The van der Waals surface area contributed by atoms with Gasteiger partial charge >= 0.3 is 58.6 Å². The molecule has 0 radical (unpaired) electrons. The summed E-state index contributed by atoms with van der Waals surface area (Å²) < 4.78 is 0. The largest absolute Gasteiger partial charge is 0.0623 e. The second-order valence-electron chi connectivity index (χ2n) is 1.72. The zero-order valence-electron chi connectivity index (χ0n) is 8.14. The molecule has 0 unspecified atom stereocenters. The maximum absolute atomic E-state index is 3.24. The average Bonchev–Trinajstić information content (AvgIpc) is 2.19. The molecule has 0 aliphatic carbocycles. The van der Waals surface area contributed by atoms with E-state index in [1.165, 1.54) is 0 Å². The Labute approximate surface area is 175 Å². The van der Waals surface area contributed by atoms with E-state index in [1.807, 2.05) is 36.4 Å². The molecule has 0 amide bonds. The molecule has 0 bridgehead atoms. The molecule has 1 aromatic carbocycles. The molecule has 0 fully saturated rings. The molecular formula is C6H6Al2Br8Ti. The van der Waals surface area contributed by atoms with Gasteiger partial charge < -0.3 is 0 Å². The molecule has 0 aliphatic rings. The normalized spacial score (nSPS) is 6.82. The standard InChI is InChI=1S/C6H6.2Al.8BrH.Ti/c1-2-4-6-5-3-1;;;;;;;;;;;/h1-6H;;;8*1H;/q;2*+3;;;;;;;;;+2/p-8. The zero-order chi connectivity index (χ0) is 14.1. The van der Waals surface area contributed by atoms with Crippen LogP contribution in [0.5, 0.6) is 0 Å². The van der Waals surface area contributed by atoms with Crippen LogP contribution < -0.4 is 0 Å². The van der Waals surface area contributed by atoms with Gasteiger partial charge in [0.1, 0.15) is 0 Å². The maximum atomic E-state index is 3.24. The van der Waals surface area contributed by atoms with Crippen molar-refractivity contribution in [3.05, 3.63) is 36.4 Å². The Balaban J connectivity index is -0.000000161. The van der Waals surface area contributed by atoms with Gasteiger partial charge in [-0.1, -0.05) is 36.4 Å². The zero-order valence-corrected chi connectivity index (χ0v) is 24.7. The van der Waals surface area contributed by atoms with Crippen molar-refractivity contribution in [3.63, 3.8) is 0 Å². The fraction of sp³-hybridized carbons (Fsp3) is 0. The molecule has 0 aliphatic heterocycles. The Morgan fingerprint density at radius 1 is 0.529 bits per heavy atom. The number of benzene rings is 1. The SMILES string of the molecule is [Br][Al]([Br])[Br].[Br][Al]([Br])[Br].[Br][Ti][Br].c1ccccc1. The average molecular weight is 819 g/mol. The summed E-state index contributed by atoms with van der Waals surface area (Å²) >= 11 is 26.0. The molecule has 0 aromatic heterocycles. The van der Waals surface area contributed by atoms with E-state index in [0.717, 1.165) is 0 Å². The molecule has 0 spiro atoms. The van der Waals surface area contributed by atoms with E-state index in [2.05, 4.69) is 111 Å². The third-order valence-electron chi connectivity index (χ3n) is 0.667. The van der Waals surface area contributed by atoms with E-state index < -0.39 is 17.3 Å². The van der Waals surface area contributed by atoms with Crippen molar-refractivity contribution in [1.29, 1.82) is 0 Å². The van der Waals surface area contributed by atoms with Gasteiger partial charge in [-0.05, 0) is 0 Å². The molecule has 0 saturated carbocycles. The third kappa shape index (κ3) is 63.0. The van der Waals surface area contributed by atoms with E-state index >= 15 is 0 Å². The van der Waals surface area contributed by atoms with Crippen molar-refractivity contribution in [2.24, 2.45) is 0 Å². The van der Waals surface area contributed by atoms with Crippen LogP contribution in [0.3, 0.4) is 0 Å². The van der Waals surface area contributed by atoms with Gasteiger partial charge in [-0.3, -0.25) is 0 Å². The van der Waals surface area contributed by atoms with Crippen LogP contribution in [0.1, 0.15) is 0 Å².